The van der Waals surface area contributed by atoms with Crippen molar-refractivity contribution in [2.24, 2.45) is 7.05 Å². The summed E-state index contributed by atoms with van der Waals surface area (Å²) in [4.78, 5) is 86.6. The lowest BCUT2D eigenvalue weighted by molar-refractivity contribution is -0.139. The van der Waals surface area contributed by atoms with E-state index in [0.717, 1.165) is 16.9 Å². The molecule has 3 N–H and O–H groups in total. The van der Waals surface area contributed by atoms with Gasteiger partial charge in [0.25, 0.3) is 17.0 Å². The van der Waals surface area contributed by atoms with Gasteiger partial charge in [0.2, 0.25) is 17.8 Å². The van der Waals surface area contributed by atoms with Crippen LogP contribution in [0, 0.1) is 0 Å². The van der Waals surface area contributed by atoms with Crippen molar-refractivity contribution in [3.8, 4) is 0 Å². The number of amides is 3. The molecular formula is C41H49N7O7. The van der Waals surface area contributed by atoms with Crippen molar-refractivity contribution in [2.75, 3.05) is 38.6 Å². The molecule has 1 unspecified atom stereocenters. The van der Waals surface area contributed by atoms with Crippen LogP contribution in [0.5, 0.6) is 0 Å². The third-order valence-electron chi connectivity index (χ3n) is 9.62. The molecule has 3 amide bonds. The Hall–Kier alpha value is -6.05. The van der Waals surface area contributed by atoms with Gasteiger partial charge in [0, 0.05) is 87.3 Å². The number of pyridine rings is 1. The third-order valence-corrected chi connectivity index (χ3v) is 9.62. The van der Waals surface area contributed by atoms with Crippen LogP contribution in [0.3, 0.4) is 0 Å². The molecule has 0 fully saturated rings. The van der Waals surface area contributed by atoms with Crippen molar-refractivity contribution in [2.45, 2.75) is 64.5 Å². The number of benzene rings is 2. The fourth-order valence-electron chi connectivity index (χ4n) is 6.92. The van der Waals surface area contributed by atoms with Crippen LogP contribution in [0.25, 0.3) is 32.6 Å². The van der Waals surface area contributed by atoms with Gasteiger partial charge in [-0.2, -0.15) is 0 Å². The van der Waals surface area contributed by atoms with E-state index in [-0.39, 0.29) is 50.0 Å². The minimum absolute atomic E-state index is 0.0775. The van der Waals surface area contributed by atoms with E-state index in [4.69, 9.17) is 10.1 Å². The fraction of sp³-hybridized carbons (Fsp3) is 0.390. The van der Waals surface area contributed by atoms with Gasteiger partial charge in [-0.05, 0) is 62.1 Å². The smallest absolute Gasteiger partial charge is 0.303 e. The van der Waals surface area contributed by atoms with Gasteiger partial charge in [0.05, 0.1) is 11.0 Å². The lowest BCUT2D eigenvalue weighted by Gasteiger charge is -2.28. The number of aromatic nitrogens is 3. The van der Waals surface area contributed by atoms with E-state index in [1.54, 1.807) is 48.6 Å². The van der Waals surface area contributed by atoms with E-state index >= 15 is 0 Å². The number of carbonyl (C=O) groups excluding carboxylic acids is 3. The summed E-state index contributed by atoms with van der Waals surface area (Å²) < 4.78 is 3.20. The zero-order chi connectivity index (χ0) is 39.6. The molecule has 290 valence electrons. The number of carbonyl (C=O) groups is 4. The Morgan fingerprint density at radius 2 is 1.56 bits per heavy atom. The lowest BCUT2D eigenvalue weighted by Crippen LogP contribution is -2.54. The summed E-state index contributed by atoms with van der Waals surface area (Å²) in [5.74, 6) is -1.44. The van der Waals surface area contributed by atoms with Crippen LogP contribution in [-0.2, 0) is 32.8 Å². The molecule has 2 heterocycles. The first kappa shape index (κ1) is 40.1. The van der Waals surface area contributed by atoms with Gasteiger partial charge >= 0.3 is 5.97 Å². The summed E-state index contributed by atoms with van der Waals surface area (Å²) in [7, 11) is 5.72. The van der Waals surface area contributed by atoms with Crippen LogP contribution >= 0.6 is 0 Å². The molecule has 2 aromatic carbocycles. The van der Waals surface area contributed by atoms with Crippen molar-refractivity contribution in [1.82, 2.24) is 29.7 Å². The van der Waals surface area contributed by atoms with Crippen molar-refractivity contribution < 1.29 is 24.3 Å². The molecule has 1 aliphatic rings. The van der Waals surface area contributed by atoms with Crippen LogP contribution in [-0.4, -0.2) is 87.6 Å². The maximum atomic E-state index is 13.7. The Balaban J connectivity index is 1.24. The number of aryl methyl sites for hydroxylation is 1. The molecule has 4 aromatic rings. The number of rotatable bonds is 18. The molecule has 1 atom stereocenters. The first-order valence-corrected chi connectivity index (χ1v) is 18.7. The van der Waals surface area contributed by atoms with Crippen LogP contribution in [0.1, 0.15) is 51.9 Å². The molecule has 0 bridgehead atoms. The predicted octanol–water partition coefficient (Wildman–Crippen LogP) is 3.78. The molecule has 1 aliphatic carbocycles. The zero-order valence-corrected chi connectivity index (χ0v) is 31.8. The minimum Gasteiger partial charge on any atom is -0.481 e. The second-order valence-corrected chi connectivity index (χ2v) is 13.9. The molecule has 14 heteroatoms. The first-order valence-electron chi connectivity index (χ1n) is 18.7. The van der Waals surface area contributed by atoms with Gasteiger partial charge in [0.1, 0.15) is 6.04 Å². The topological polar surface area (TPSA) is 176 Å². The first-order chi connectivity index (χ1) is 26.4. The Labute approximate surface area is 318 Å². The normalized spacial score (nSPS) is 15.8. The predicted molar refractivity (Wildman–Crippen MR) is 214 cm³/mol. The highest BCUT2D eigenvalue weighted by Gasteiger charge is 2.27. The summed E-state index contributed by atoms with van der Waals surface area (Å²) in [5, 5.41) is 16.9. The molecule has 0 saturated carbocycles. The maximum Gasteiger partial charge on any atom is 0.303 e. The highest BCUT2D eigenvalue weighted by atomic mass is 16.4. The molecule has 2 aromatic heterocycles. The molecule has 5 rings (SSSR count). The van der Waals surface area contributed by atoms with Crippen LogP contribution in [0.15, 0.2) is 82.0 Å². The Bertz CT molecular complexity index is 2280. The van der Waals surface area contributed by atoms with Gasteiger partial charge in [-0.15, -0.1) is 0 Å². The number of hydrogen-bond acceptors (Lipinski definition) is 8. The third kappa shape index (κ3) is 9.37. The molecule has 55 heavy (non-hydrogen) atoms. The van der Waals surface area contributed by atoms with E-state index in [2.05, 4.69) is 10.6 Å². The molecule has 0 radical (unpaired) electrons. The molecule has 0 saturated heterocycles. The molecule has 14 nitrogen and oxygen atoms in total. The fourth-order valence-corrected chi connectivity index (χ4v) is 6.92. The average Bonchev–Trinajstić information content (AvgIpc) is 3.14. The second kappa shape index (κ2) is 18.3. The summed E-state index contributed by atoms with van der Waals surface area (Å²) >= 11 is 0. The number of allylic oxidation sites excluding steroid dienone is 6. The molecule has 0 aliphatic heterocycles. The quantitative estimate of drug-likeness (QED) is 0.101. The number of anilines is 1. The summed E-state index contributed by atoms with van der Waals surface area (Å²) in [6, 6.07) is 6.12. The Kier molecular flexibility index (Phi) is 13.4. The van der Waals surface area contributed by atoms with Gasteiger partial charge < -0.3 is 30.1 Å². The van der Waals surface area contributed by atoms with Crippen molar-refractivity contribution in [3.63, 3.8) is 0 Å². The summed E-state index contributed by atoms with van der Waals surface area (Å²) in [6.07, 6.45) is 14.4. The highest BCUT2D eigenvalue weighted by molar-refractivity contribution is 6.21. The van der Waals surface area contributed by atoms with Crippen LogP contribution in [0.2, 0.25) is 0 Å². The summed E-state index contributed by atoms with van der Waals surface area (Å²) in [6.45, 7) is 2.47. The highest BCUT2D eigenvalue weighted by Crippen LogP contribution is 2.32. The zero-order valence-electron chi connectivity index (χ0n) is 31.8. The number of carboxylic acid groups (broad SMARTS) is 1. The van der Waals surface area contributed by atoms with Gasteiger partial charge in [-0.1, -0.05) is 43.7 Å². The number of unbranched alkanes of at least 4 members (excludes halogenated alkanes) is 2. The monoisotopic (exact) mass is 751 g/mol. The second-order valence-electron chi connectivity index (χ2n) is 13.9. The van der Waals surface area contributed by atoms with Crippen LogP contribution in [0.4, 0.5) is 5.95 Å². The van der Waals surface area contributed by atoms with E-state index in [1.807, 2.05) is 55.7 Å². The minimum atomic E-state index is -1.07. The van der Waals surface area contributed by atoms with Crippen LogP contribution < -0.4 is 26.7 Å². The largest absolute Gasteiger partial charge is 0.481 e. The number of aliphatic carboxylic acids is 1. The maximum absolute atomic E-state index is 13.7. The van der Waals surface area contributed by atoms with Gasteiger partial charge in [0.15, 0.2) is 0 Å². The van der Waals surface area contributed by atoms with Crippen molar-refractivity contribution in [1.29, 1.82) is 0 Å². The van der Waals surface area contributed by atoms with E-state index in [0.29, 0.717) is 59.5 Å². The van der Waals surface area contributed by atoms with Gasteiger partial charge in [-0.25, -0.2) is 4.98 Å². The number of carboxylic acids is 1. The molecular weight excluding hydrogens is 702 g/mol. The summed E-state index contributed by atoms with van der Waals surface area (Å²) in [5.41, 5.74) is 1.20. The Morgan fingerprint density at radius 1 is 0.855 bits per heavy atom. The lowest BCUT2D eigenvalue weighted by atomic mass is 10.00. The standard InChI is InChI=1S/C41H49N7O7/c1-5-23-47(24-14-18-34(50)51)40(55)31(26-42-37(52)27-15-10-7-6-8-11-16-27)43-33(49)17-12-9-13-25-48-38(53)28-19-21-30-36-32(46(4)41(44-30)45(2)3)22-20-29(35(28)36)39(48)54/h6-8,10-11,15-16,19-22,31H,5,9,12-14,17-18,23-26H2,1-4H3,(H,42,52)(H,43,49)(H,50,51)/b7-6-,8-6?,10-7?,11-8-,15-10-,16-11?,27-15?,27-16+. The molecule has 0 spiro atoms. The number of nitrogens with zero attached hydrogens (tertiary/aromatic N) is 5. The number of nitrogens with one attached hydrogen (secondary N) is 2. The van der Waals surface area contributed by atoms with E-state index in [1.165, 1.54) is 9.47 Å². The van der Waals surface area contributed by atoms with Crippen molar-refractivity contribution >= 4 is 62.2 Å². The SMILES string of the molecule is CCCN(CCCC(=O)O)C(=O)C(CNC(=O)C1=C/C=C\C=C/C=C\1)NC(=O)CCCCCn1c(=O)c2ccc3nc(N(C)C)n(C)c4ccc(c1=O)c2c34. The number of hydrogen-bond donors (Lipinski definition) is 3. The van der Waals surface area contributed by atoms with Crippen molar-refractivity contribution in [3.05, 3.63) is 93.1 Å². The average molecular weight is 752 g/mol. The Morgan fingerprint density at radius 3 is 2.27 bits per heavy atom. The van der Waals surface area contributed by atoms with Gasteiger partial charge in [-0.3, -0.25) is 33.3 Å². The van der Waals surface area contributed by atoms with E-state index < -0.39 is 29.7 Å². The van der Waals surface area contributed by atoms with E-state index in [9.17, 15) is 28.8 Å².